The van der Waals surface area contributed by atoms with E-state index >= 15 is 0 Å². The Labute approximate surface area is 104 Å². The van der Waals surface area contributed by atoms with E-state index in [0.29, 0.717) is 0 Å². The first-order chi connectivity index (χ1) is 7.63. The molecule has 2 aromatic rings. The molecule has 2 rings (SSSR count). The summed E-state index contributed by atoms with van der Waals surface area (Å²) in [7, 11) is 1.68. The van der Waals surface area contributed by atoms with Gasteiger partial charge in [-0.05, 0) is 47.5 Å². The lowest BCUT2D eigenvalue weighted by Gasteiger charge is -2.08. The Morgan fingerprint density at radius 1 is 1.25 bits per heavy atom. The zero-order valence-electron chi connectivity index (χ0n) is 9.62. The van der Waals surface area contributed by atoms with E-state index in [1.807, 2.05) is 18.2 Å². The monoisotopic (exact) mass is 279 g/mol. The smallest absolute Gasteiger partial charge is 0.120 e. The Hall–Kier alpha value is -1.22. The summed E-state index contributed by atoms with van der Waals surface area (Å²) in [4.78, 5) is 0. The van der Waals surface area contributed by atoms with E-state index in [1.165, 1.54) is 11.3 Å². The maximum atomic E-state index is 5.23. The Morgan fingerprint density at radius 3 is 2.56 bits per heavy atom. The molecule has 0 N–H and O–H groups in total. The first kappa shape index (κ1) is 11.3. The van der Waals surface area contributed by atoms with Crippen LogP contribution in [0.25, 0.3) is 5.69 Å². The number of hydrogen-bond donors (Lipinski definition) is 0. The van der Waals surface area contributed by atoms with Crippen molar-refractivity contribution >= 4 is 15.9 Å². The van der Waals surface area contributed by atoms with Gasteiger partial charge in [-0.2, -0.15) is 0 Å². The highest BCUT2D eigenvalue weighted by Crippen LogP contribution is 2.26. The summed E-state index contributed by atoms with van der Waals surface area (Å²) in [5, 5.41) is 0. The maximum absolute atomic E-state index is 5.23. The minimum absolute atomic E-state index is 0.874. The molecule has 0 saturated carbocycles. The van der Waals surface area contributed by atoms with Crippen LogP contribution in [-0.2, 0) is 0 Å². The summed E-state index contributed by atoms with van der Waals surface area (Å²) < 4.78 is 8.55. The van der Waals surface area contributed by atoms with Crippen LogP contribution in [-0.4, -0.2) is 11.7 Å². The number of rotatable bonds is 2. The molecule has 1 aromatic carbocycles. The van der Waals surface area contributed by atoms with Crippen molar-refractivity contribution < 1.29 is 4.74 Å². The molecule has 2 nitrogen and oxygen atoms in total. The van der Waals surface area contributed by atoms with Crippen molar-refractivity contribution in [1.29, 1.82) is 0 Å². The van der Waals surface area contributed by atoms with E-state index in [0.717, 1.165) is 15.9 Å². The zero-order valence-corrected chi connectivity index (χ0v) is 11.2. The highest BCUT2D eigenvalue weighted by atomic mass is 79.9. The maximum Gasteiger partial charge on any atom is 0.120 e. The summed E-state index contributed by atoms with van der Waals surface area (Å²) in [6, 6.07) is 8.04. The van der Waals surface area contributed by atoms with Gasteiger partial charge in [0.15, 0.2) is 0 Å². The topological polar surface area (TPSA) is 14.2 Å². The van der Waals surface area contributed by atoms with Gasteiger partial charge in [0.1, 0.15) is 5.75 Å². The Bertz CT molecular complexity index is 517. The van der Waals surface area contributed by atoms with Gasteiger partial charge in [0, 0.05) is 28.1 Å². The summed E-state index contributed by atoms with van der Waals surface area (Å²) in [5.41, 5.74) is 3.55. The number of nitrogens with zero attached hydrogens (tertiary/aromatic N) is 1. The molecule has 0 radical (unpaired) electrons. The lowest BCUT2D eigenvalue weighted by atomic mass is 10.3. The third-order valence-electron chi connectivity index (χ3n) is 2.68. The minimum atomic E-state index is 0.874. The molecular formula is C13H14BrNO. The molecule has 1 aromatic heterocycles. The second kappa shape index (κ2) is 4.34. The Morgan fingerprint density at radius 2 is 2.00 bits per heavy atom. The molecule has 0 amide bonds. The van der Waals surface area contributed by atoms with E-state index in [1.54, 1.807) is 7.11 Å². The van der Waals surface area contributed by atoms with E-state index in [4.69, 9.17) is 4.74 Å². The van der Waals surface area contributed by atoms with Crippen molar-refractivity contribution in [3.05, 3.63) is 46.2 Å². The number of ether oxygens (including phenoxy) is 1. The number of halogens is 1. The van der Waals surface area contributed by atoms with E-state index < -0.39 is 0 Å². The van der Waals surface area contributed by atoms with Gasteiger partial charge >= 0.3 is 0 Å². The fraction of sp³-hybridized carbons (Fsp3) is 0.231. The lowest BCUT2D eigenvalue weighted by molar-refractivity contribution is 0.414. The molecule has 0 aliphatic heterocycles. The van der Waals surface area contributed by atoms with Crippen LogP contribution < -0.4 is 4.74 Å². The molecule has 0 aliphatic rings. The van der Waals surface area contributed by atoms with Crippen LogP contribution >= 0.6 is 15.9 Å². The molecular weight excluding hydrogens is 266 g/mol. The predicted molar refractivity (Wildman–Crippen MR) is 69.5 cm³/mol. The number of benzene rings is 1. The van der Waals surface area contributed by atoms with Crippen LogP contribution in [0.5, 0.6) is 5.75 Å². The van der Waals surface area contributed by atoms with Crippen molar-refractivity contribution in [1.82, 2.24) is 4.57 Å². The molecule has 16 heavy (non-hydrogen) atoms. The van der Waals surface area contributed by atoms with Crippen LogP contribution in [0.2, 0.25) is 0 Å². The fourth-order valence-corrected chi connectivity index (χ4v) is 2.06. The van der Waals surface area contributed by atoms with Crippen molar-refractivity contribution in [2.75, 3.05) is 7.11 Å². The average molecular weight is 280 g/mol. The number of methoxy groups -OCH3 is 1. The van der Waals surface area contributed by atoms with Crippen molar-refractivity contribution in [3.63, 3.8) is 0 Å². The predicted octanol–water partition coefficient (Wildman–Crippen LogP) is 3.87. The van der Waals surface area contributed by atoms with Crippen LogP contribution in [0.15, 0.2) is 34.9 Å². The molecule has 84 valence electrons. The van der Waals surface area contributed by atoms with Crippen molar-refractivity contribution in [2.45, 2.75) is 13.8 Å². The van der Waals surface area contributed by atoms with Gasteiger partial charge in [-0.3, -0.25) is 0 Å². The Balaban J connectivity index is 2.54. The lowest BCUT2D eigenvalue weighted by Crippen LogP contribution is -1.95. The first-order valence-electron chi connectivity index (χ1n) is 5.12. The van der Waals surface area contributed by atoms with Crippen LogP contribution in [0.3, 0.4) is 0 Å². The Kier molecular flexibility index (Phi) is 3.06. The van der Waals surface area contributed by atoms with Crippen LogP contribution in [0.1, 0.15) is 11.3 Å². The summed E-state index contributed by atoms with van der Waals surface area (Å²) in [6.45, 7) is 4.18. The van der Waals surface area contributed by atoms with Crippen LogP contribution in [0, 0.1) is 13.8 Å². The zero-order chi connectivity index (χ0) is 11.7. The number of aryl methyl sites for hydroxylation is 1. The van der Waals surface area contributed by atoms with Crippen molar-refractivity contribution in [2.24, 2.45) is 0 Å². The van der Waals surface area contributed by atoms with Gasteiger partial charge in [0.05, 0.1) is 7.11 Å². The highest BCUT2D eigenvalue weighted by molar-refractivity contribution is 9.10. The minimum Gasteiger partial charge on any atom is -0.497 e. The standard InChI is InChI=1S/C13H14BrNO/c1-9-8-15(10(2)13(9)14)11-5-4-6-12(7-11)16-3/h4-8H,1-3H3. The number of aromatic nitrogens is 1. The quantitative estimate of drug-likeness (QED) is 0.814. The molecule has 0 spiro atoms. The molecule has 0 saturated heterocycles. The summed E-state index contributed by atoms with van der Waals surface area (Å²) in [6.07, 6.45) is 2.12. The van der Waals surface area contributed by atoms with Gasteiger partial charge in [0.25, 0.3) is 0 Å². The van der Waals surface area contributed by atoms with E-state index in [2.05, 4.69) is 46.6 Å². The molecule has 0 aliphatic carbocycles. The third-order valence-corrected chi connectivity index (χ3v) is 3.88. The fourth-order valence-electron chi connectivity index (χ4n) is 1.77. The average Bonchev–Trinajstić information content (AvgIpc) is 2.57. The van der Waals surface area contributed by atoms with Crippen molar-refractivity contribution in [3.8, 4) is 11.4 Å². The van der Waals surface area contributed by atoms with Gasteiger partial charge < -0.3 is 9.30 Å². The van der Waals surface area contributed by atoms with Gasteiger partial charge in [0.2, 0.25) is 0 Å². The molecule has 0 bridgehead atoms. The molecule has 3 heteroatoms. The third kappa shape index (κ3) is 1.87. The molecule has 0 atom stereocenters. The van der Waals surface area contributed by atoms with Gasteiger partial charge in [-0.1, -0.05) is 6.07 Å². The molecule has 0 fully saturated rings. The summed E-state index contributed by atoms with van der Waals surface area (Å²) in [5.74, 6) is 0.874. The SMILES string of the molecule is COc1cccc(-n2cc(C)c(Br)c2C)c1. The summed E-state index contributed by atoms with van der Waals surface area (Å²) >= 11 is 3.58. The van der Waals surface area contributed by atoms with E-state index in [-0.39, 0.29) is 0 Å². The van der Waals surface area contributed by atoms with E-state index in [9.17, 15) is 0 Å². The second-order valence-corrected chi connectivity index (χ2v) is 4.58. The number of hydrogen-bond acceptors (Lipinski definition) is 1. The van der Waals surface area contributed by atoms with Gasteiger partial charge in [-0.15, -0.1) is 0 Å². The second-order valence-electron chi connectivity index (χ2n) is 3.78. The first-order valence-corrected chi connectivity index (χ1v) is 5.91. The van der Waals surface area contributed by atoms with Gasteiger partial charge in [-0.25, -0.2) is 0 Å². The highest BCUT2D eigenvalue weighted by Gasteiger charge is 2.08. The normalized spacial score (nSPS) is 10.5. The van der Waals surface area contributed by atoms with Crippen LogP contribution in [0.4, 0.5) is 0 Å². The molecule has 0 unspecified atom stereocenters. The largest absolute Gasteiger partial charge is 0.497 e. The molecule has 1 heterocycles.